The second-order valence-corrected chi connectivity index (χ2v) is 5.86. The van der Waals surface area contributed by atoms with Crippen LogP contribution in [0.3, 0.4) is 0 Å². The Balaban J connectivity index is 2.08. The predicted octanol–water partition coefficient (Wildman–Crippen LogP) is 3.73. The highest BCUT2D eigenvalue weighted by molar-refractivity contribution is 6.30. The largest absolute Gasteiger partial charge is 0.506 e. The van der Waals surface area contributed by atoms with Crippen molar-refractivity contribution in [1.29, 1.82) is 0 Å². The first-order chi connectivity index (χ1) is 11.5. The number of para-hydroxylation sites is 1. The van der Waals surface area contributed by atoms with Crippen molar-refractivity contribution < 1.29 is 5.11 Å². The summed E-state index contributed by atoms with van der Waals surface area (Å²) in [6.45, 7) is 1.67. The average molecular weight is 342 g/mol. The summed E-state index contributed by atoms with van der Waals surface area (Å²) in [5, 5.41) is 15.9. The number of hydrogen-bond donors (Lipinski definition) is 2. The number of anilines is 1. The molecule has 0 bridgehead atoms. The van der Waals surface area contributed by atoms with Crippen LogP contribution in [-0.2, 0) is 7.05 Å². The molecule has 0 amide bonds. The lowest BCUT2D eigenvalue weighted by atomic mass is 10.1. The van der Waals surface area contributed by atoms with Crippen LogP contribution in [0.2, 0.25) is 5.02 Å². The van der Waals surface area contributed by atoms with Gasteiger partial charge < -0.3 is 9.67 Å². The number of aryl methyl sites for hydroxylation is 1. The van der Waals surface area contributed by atoms with Gasteiger partial charge in [-0.1, -0.05) is 29.8 Å². The van der Waals surface area contributed by atoms with Gasteiger partial charge in [-0.15, -0.1) is 0 Å². The summed E-state index contributed by atoms with van der Waals surface area (Å²) in [6, 6.07) is 14.3. The summed E-state index contributed by atoms with van der Waals surface area (Å²) in [5.41, 5.74) is 4.46. The molecule has 0 aliphatic heterocycles. The Morgan fingerprint density at radius 3 is 2.71 bits per heavy atom. The summed E-state index contributed by atoms with van der Waals surface area (Å²) >= 11 is 5.93. The first-order valence-electron chi connectivity index (χ1n) is 7.36. The number of aromatic hydroxyl groups is 1. The van der Waals surface area contributed by atoms with E-state index >= 15 is 0 Å². The average Bonchev–Trinajstić information content (AvgIpc) is 2.58. The Morgan fingerprint density at radius 1 is 1.21 bits per heavy atom. The fourth-order valence-electron chi connectivity index (χ4n) is 2.57. The third kappa shape index (κ3) is 2.86. The number of hydrazone groups is 1. The molecule has 1 aromatic heterocycles. The zero-order chi connectivity index (χ0) is 17.3. The van der Waals surface area contributed by atoms with Crippen molar-refractivity contribution in [3.63, 3.8) is 0 Å². The first-order valence-corrected chi connectivity index (χ1v) is 7.74. The van der Waals surface area contributed by atoms with Crippen LogP contribution in [0.5, 0.6) is 5.75 Å². The number of hydrogen-bond acceptors (Lipinski definition) is 4. The van der Waals surface area contributed by atoms with Crippen molar-refractivity contribution in [2.24, 2.45) is 12.1 Å². The fourth-order valence-corrected chi connectivity index (χ4v) is 2.76. The topological polar surface area (TPSA) is 66.6 Å². The lowest BCUT2D eigenvalue weighted by Crippen LogP contribution is -2.24. The molecule has 6 heteroatoms. The summed E-state index contributed by atoms with van der Waals surface area (Å²) in [4.78, 5) is 12.6. The molecule has 0 aliphatic carbocycles. The van der Waals surface area contributed by atoms with E-state index < -0.39 is 0 Å². The van der Waals surface area contributed by atoms with Crippen LogP contribution in [0.4, 0.5) is 5.69 Å². The van der Waals surface area contributed by atoms with Crippen molar-refractivity contribution in [3.8, 4) is 5.75 Å². The number of nitrogens with zero attached hydrogens (tertiary/aromatic N) is 2. The third-order valence-electron chi connectivity index (χ3n) is 3.81. The van der Waals surface area contributed by atoms with Gasteiger partial charge in [0.2, 0.25) is 0 Å². The maximum Gasteiger partial charge on any atom is 0.263 e. The Hall–Kier alpha value is -2.79. The number of rotatable bonds is 3. The van der Waals surface area contributed by atoms with Crippen molar-refractivity contribution in [1.82, 2.24) is 4.57 Å². The highest BCUT2D eigenvalue weighted by atomic mass is 35.5. The molecule has 24 heavy (non-hydrogen) atoms. The van der Waals surface area contributed by atoms with E-state index in [1.807, 2.05) is 12.1 Å². The predicted molar refractivity (Wildman–Crippen MR) is 98.1 cm³/mol. The Morgan fingerprint density at radius 2 is 1.96 bits per heavy atom. The van der Waals surface area contributed by atoms with Gasteiger partial charge in [-0.25, -0.2) is 0 Å². The molecule has 0 fully saturated rings. The molecule has 5 nitrogen and oxygen atoms in total. The van der Waals surface area contributed by atoms with E-state index in [0.29, 0.717) is 27.3 Å². The summed E-state index contributed by atoms with van der Waals surface area (Å²) in [5.74, 6) is -0.0668. The van der Waals surface area contributed by atoms with Gasteiger partial charge in [-0.05, 0) is 37.3 Å². The van der Waals surface area contributed by atoms with E-state index in [2.05, 4.69) is 10.5 Å². The standard InChI is InChI=1S/C18H16ClN3O2/c1-11(20-21-13-7-5-6-12(19)10-13)16-17(23)14-8-3-4-9-15(14)22(2)18(16)24/h3-10,21,23H,1-2H3/b20-11+. The fraction of sp³-hybridized carbons (Fsp3) is 0.111. The van der Waals surface area contributed by atoms with E-state index in [1.54, 1.807) is 50.4 Å². The lowest BCUT2D eigenvalue weighted by molar-refractivity contribution is 0.478. The zero-order valence-corrected chi connectivity index (χ0v) is 14.0. The number of pyridine rings is 1. The van der Waals surface area contributed by atoms with Gasteiger partial charge >= 0.3 is 0 Å². The molecular weight excluding hydrogens is 326 g/mol. The van der Waals surface area contributed by atoms with E-state index in [1.165, 1.54) is 4.57 Å². The molecule has 122 valence electrons. The summed E-state index contributed by atoms with van der Waals surface area (Å²) < 4.78 is 1.50. The van der Waals surface area contributed by atoms with Gasteiger partial charge in [0.1, 0.15) is 11.3 Å². The molecular formula is C18H16ClN3O2. The van der Waals surface area contributed by atoms with Crippen LogP contribution in [0.1, 0.15) is 12.5 Å². The minimum Gasteiger partial charge on any atom is -0.506 e. The van der Waals surface area contributed by atoms with Crippen LogP contribution in [0, 0.1) is 0 Å². The highest BCUT2D eigenvalue weighted by Crippen LogP contribution is 2.26. The summed E-state index contributed by atoms with van der Waals surface area (Å²) in [7, 11) is 1.67. The highest BCUT2D eigenvalue weighted by Gasteiger charge is 2.16. The number of benzene rings is 2. The van der Waals surface area contributed by atoms with Gasteiger partial charge in [0.25, 0.3) is 5.56 Å². The van der Waals surface area contributed by atoms with Crippen LogP contribution >= 0.6 is 11.6 Å². The van der Waals surface area contributed by atoms with Crippen LogP contribution in [-0.4, -0.2) is 15.4 Å². The number of halogens is 1. The van der Waals surface area contributed by atoms with Crippen molar-refractivity contribution in [3.05, 3.63) is 69.5 Å². The van der Waals surface area contributed by atoms with Gasteiger partial charge in [0.15, 0.2) is 0 Å². The second-order valence-electron chi connectivity index (χ2n) is 5.42. The molecule has 0 saturated heterocycles. The van der Waals surface area contributed by atoms with Crippen LogP contribution < -0.4 is 11.0 Å². The normalized spacial score (nSPS) is 11.7. The zero-order valence-electron chi connectivity index (χ0n) is 13.2. The van der Waals surface area contributed by atoms with E-state index in [0.717, 1.165) is 0 Å². The molecule has 0 saturated carbocycles. The van der Waals surface area contributed by atoms with Crippen molar-refractivity contribution >= 4 is 33.9 Å². The van der Waals surface area contributed by atoms with Crippen LogP contribution in [0.25, 0.3) is 10.9 Å². The quantitative estimate of drug-likeness (QED) is 0.563. The molecule has 0 atom stereocenters. The lowest BCUT2D eigenvalue weighted by Gasteiger charge is -2.11. The van der Waals surface area contributed by atoms with Crippen LogP contribution in [0.15, 0.2) is 58.4 Å². The second kappa shape index (κ2) is 6.37. The molecule has 2 aromatic carbocycles. The third-order valence-corrected chi connectivity index (χ3v) is 4.05. The van der Waals surface area contributed by atoms with Gasteiger partial charge in [0, 0.05) is 17.5 Å². The maximum absolute atomic E-state index is 12.6. The monoisotopic (exact) mass is 341 g/mol. The molecule has 0 aliphatic rings. The molecule has 3 rings (SSSR count). The molecule has 2 N–H and O–H groups in total. The Kier molecular flexibility index (Phi) is 4.27. The minimum atomic E-state index is -0.305. The number of nitrogens with one attached hydrogen (secondary N) is 1. The molecule has 0 spiro atoms. The molecule has 0 unspecified atom stereocenters. The maximum atomic E-state index is 12.6. The molecule has 1 heterocycles. The van der Waals surface area contributed by atoms with Gasteiger partial charge in [0.05, 0.1) is 16.9 Å². The van der Waals surface area contributed by atoms with Gasteiger partial charge in [-0.3, -0.25) is 10.2 Å². The first kappa shape index (κ1) is 16.1. The minimum absolute atomic E-state index is 0.0668. The van der Waals surface area contributed by atoms with E-state index in [4.69, 9.17) is 11.6 Å². The van der Waals surface area contributed by atoms with Crippen molar-refractivity contribution in [2.75, 3.05) is 5.43 Å². The van der Waals surface area contributed by atoms with Gasteiger partial charge in [-0.2, -0.15) is 5.10 Å². The number of fused-ring (bicyclic) bond motifs is 1. The molecule has 3 aromatic rings. The molecule has 0 radical (unpaired) electrons. The number of aromatic nitrogens is 1. The van der Waals surface area contributed by atoms with E-state index in [-0.39, 0.29) is 16.9 Å². The SMILES string of the molecule is C/C(=N\Nc1cccc(Cl)c1)c1c(O)c2ccccc2n(C)c1=O. The smallest absolute Gasteiger partial charge is 0.263 e. The summed E-state index contributed by atoms with van der Waals surface area (Å²) in [6.07, 6.45) is 0. The Labute approximate surface area is 143 Å². The Bertz CT molecular complexity index is 1010. The van der Waals surface area contributed by atoms with Crippen molar-refractivity contribution in [2.45, 2.75) is 6.92 Å². The van der Waals surface area contributed by atoms with E-state index in [9.17, 15) is 9.90 Å².